The Kier molecular flexibility index (Phi) is 5.92. The standard InChI is InChI=1S/C11H15N3O7/c12-3-13-5-1-7(11(19)20)21-10(8(5)14-4-16)9(18)6(17)2-15/h1,4-6,8-10,13,15,17-18H,2H2,(H,14,16)(H,19,20)/t5-,6+,8+,9+,10+/m0/s1. The molecule has 116 valence electrons. The second-order valence-corrected chi connectivity index (χ2v) is 4.25. The van der Waals surface area contributed by atoms with E-state index in [0.717, 1.165) is 6.08 Å². The first-order valence-electron chi connectivity index (χ1n) is 5.89. The fourth-order valence-electron chi connectivity index (χ4n) is 1.94. The molecule has 21 heavy (non-hydrogen) atoms. The largest absolute Gasteiger partial charge is 0.478 e. The number of nitrogens with one attached hydrogen (secondary N) is 2. The Bertz CT molecular complexity index is 461. The Morgan fingerprint density at radius 3 is 2.71 bits per heavy atom. The molecule has 1 amide bonds. The zero-order valence-corrected chi connectivity index (χ0v) is 10.7. The van der Waals surface area contributed by atoms with Gasteiger partial charge in [0.1, 0.15) is 18.3 Å². The summed E-state index contributed by atoms with van der Waals surface area (Å²) in [5, 5.41) is 50.3. The molecule has 1 aliphatic rings. The smallest absolute Gasteiger partial charge is 0.370 e. The van der Waals surface area contributed by atoms with Gasteiger partial charge in [-0.05, 0) is 6.08 Å². The van der Waals surface area contributed by atoms with Gasteiger partial charge in [-0.1, -0.05) is 0 Å². The minimum absolute atomic E-state index is 0.282. The second-order valence-electron chi connectivity index (χ2n) is 4.25. The molecule has 0 spiro atoms. The molecule has 0 aromatic carbocycles. The number of ether oxygens (including phenoxy) is 1. The summed E-state index contributed by atoms with van der Waals surface area (Å²) >= 11 is 0. The topological polar surface area (TPSA) is 172 Å². The average Bonchev–Trinajstić information content (AvgIpc) is 2.47. The van der Waals surface area contributed by atoms with Crippen molar-refractivity contribution in [3.8, 4) is 6.19 Å². The molecule has 6 N–H and O–H groups in total. The molecule has 0 saturated heterocycles. The molecule has 10 heteroatoms. The number of carbonyl (C=O) groups is 2. The number of carboxylic acid groups (broad SMARTS) is 1. The lowest BCUT2D eigenvalue weighted by Gasteiger charge is -2.38. The third-order valence-corrected chi connectivity index (χ3v) is 2.96. The number of hydrogen-bond acceptors (Lipinski definition) is 8. The van der Waals surface area contributed by atoms with Crippen molar-refractivity contribution >= 4 is 12.4 Å². The van der Waals surface area contributed by atoms with Gasteiger partial charge in [0.05, 0.1) is 18.7 Å². The summed E-state index contributed by atoms with van der Waals surface area (Å²) in [5.41, 5.74) is 0. The number of aliphatic hydroxyl groups is 3. The van der Waals surface area contributed by atoms with E-state index in [1.807, 2.05) is 0 Å². The van der Waals surface area contributed by atoms with Crippen LogP contribution in [0.4, 0.5) is 0 Å². The Balaban J connectivity index is 3.13. The summed E-state index contributed by atoms with van der Waals surface area (Å²) in [4.78, 5) is 21.6. The van der Waals surface area contributed by atoms with E-state index < -0.39 is 48.7 Å². The molecule has 0 saturated carbocycles. The zero-order chi connectivity index (χ0) is 16.0. The first kappa shape index (κ1) is 16.7. The van der Waals surface area contributed by atoms with Crippen LogP contribution >= 0.6 is 0 Å². The van der Waals surface area contributed by atoms with Crippen LogP contribution in [-0.2, 0) is 14.3 Å². The molecule has 1 rings (SSSR count). The number of carboxylic acids is 1. The van der Waals surface area contributed by atoms with Crippen molar-refractivity contribution in [2.45, 2.75) is 30.4 Å². The van der Waals surface area contributed by atoms with Crippen LogP contribution in [0.5, 0.6) is 0 Å². The number of nitriles is 1. The molecule has 0 bridgehead atoms. The molecule has 0 fully saturated rings. The van der Waals surface area contributed by atoms with Crippen LogP contribution in [0.25, 0.3) is 0 Å². The molecule has 0 aliphatic carbocycles. The normalized spacial score (nSPS) is 27.3. The Morgan fingerprint density at radius 1 is 1.57 bits per heavy atom. The number of rotatable bonds is 7. The lowest BCUT2D eigenvalue weighted by Crippen LogP contribution is -2.61. The van der Waals surface area contributed by atoms with E-state index in [1.165, 1.54) is 0 Å². The summed E-state index contributed by atoms with van der Waals surface area (Å²) in [6, 6.07) is -1.99. The van der Waals surface area contributed by atoms with Crippen molar-refractivity contribution in [1.82, 2.24) is 10.6 Å². The maximum Gasteiger partial charge on any atom is 0.370 e. The van der Waals surface area contributed by atoms with Crippen LogP contribution in [0.2, 0.25) is 0 Å². The minimum Gasteiger partial charge on any atom is -0.478 e. The van der Waals surface area contributed by atoms with Gasteiger partial charge in [0.25, 0.3) is 0 Å². The van der Waals surface area contributed by atoms with Gasteiger partial charge in [-0.3, -0.25) is 4.79 Å². The molecule has 10 nitrogen and oxygen atoms in total. The summed E-state index contributed by atoms with van der Waals surface area (Å²) < 4.78 is 5.04. The first-order valence-corrected chi connectivity index (χ1v) is 5.89. The van der Waals surface area contributed by atoms with E-state index in [9.17, 15) is 19.8 Å². The van der Waals surface area contributed by atoms with E-state index in [2.05, 4.69) is 10.6 Å². The van der Waals surface area contributed by atoms with E-state index in [1.54, 1.807) is 6.19 Å². The SMILES string of the molecule is N#CN[C@H]1C=C(C(=O)O)O[C@@H]([C@H](O)[C@H](O)CO)[C@@H]1NC=O. The third kappa shape index (κ3) is 3.82. The Labute approximate surface area is 119 Å². The molecule has 1 aliphatic heterocycles. The summed E-state index contributed by atoms with van der Waals surface area (Å²) in [7, 11) is 0. The van der Waals surface area contributed by atoms with Crippen LogP contribution in [0.1, 0.15) is 0 Å². The molecule has 5 atom stereocenters. The van der Waals surface area contributed by atoms with Crippen LogP contribution in [0.3, 0.4) is 0 Å². The Hall–Kier alpha value is -2.35. The molecule has 0 unspecified atom stereocenters. The summed E-state index contributed by atoms with van der Waals surface area (Å²) in [5.74, 6) is -2.00. The molecule has 0 aromatic heterocycles. The molecular formula is C11H15N3O7. The van der Waals surface area contributed by atoms with Gasteiger partial charge >= 0.3 is 5.97 Å². The molecule has 1 heterocycles. The second kappa shape index (κ2) is 7.44. The summed E-state index contributed by atoms with van der Waals surface area (Å²) in [6.45, 7) is -0.794. The van der Waals surface area contributed by atoms with Gasteiger partial charge in [-0.25, -0.2) is 4.79 Å². The van der Waals surface area contributed by atoms with Crippen LogP contribution in [0, 0.1) is 11.5 Å². The van der Waals surface area contributed by atoms with Crippen molar-refractivity contribution in [2.75, 3.05) is 6.61 Å². The van der Waals surface area contributed by atoms with Gasteiger partial charge in [-0.2, -0.15) is 5.26 Å². The molecule has 0 aromatic rings. The van der Waals surface area contributed by atoms with Crippen molar-refractivity contribution in [1.29, 1.82) is 5.26 Å². The monoisotopic (exact) mass is 301 g/mol. The number of carbonyl (C=O) groups excluding carboxylic acids is 1. The fraction of sp³-hybridized carbons (Fsp3) is 0.545. The Morgan fingerprint density at radius 2 is 2.24 bits per heavy atom. The van der Waals surface area contributed by atoms with Gasteiger partial charge in [0, 0.05) is 0 Å². The van der Waals surface area contributed by atoms with Crippen LogP contribution < -0.4 is 10.6 Å². The van der Waals surface area contributed by atoms with Crippen LogP contribution in [0.15, 0.2) is 11.8 Å². The predicted octanol–water partition coefficient (Wildman–Crippen LogP) is -3.38. The number of amides is 1. The van der Waals surface area contributed by atoms with Gasteiger partial charge < -0.3 is 35.8 Å². The van der Waals surface area contributed by atoms with Crippen molar-refractivity contribution in [2.24, 2.45) is 0 Å². The van der Waals surface area contributed by atoms with Gasteiger partial charge in [-0.15, -0.1) is 0 Å². The highest BCUT2D eigenvalue weighted by atomic mass is 16.5. The lowest BCUT2D eigenvalue weighted by molar-refractivity contribution is -0.145. The molecule has 0 radical (unpaired) electrons. The average molecular weight is 301 g/mol. The highest BCUT2D eigenvalue weighted by Crippen LogP contribution is 2.22. The maximum atomic E-state index is 11.0. The van der Waals surface area contributed by atoms with E-state index in [4.69, 9.17) is 20.2 Å². The zero-order valence-electron chi connectivity index (χ0n) is 10.7. The highest BCUT2D eigenvalue weighted by Gasteiger charge is 2.43. The number of hydrogen-bond donors (Lipinski definition) is 6. The van der Waals surface area contributed by atoms with Crippen molar-refractivity contribution < 1.29 is 34.8 Å². The van der Waals surface area contributed by atoms with Crippen molar-refractivity contribution in [3.05, 3.63) is 11.8 Å². The quantitative estimate of drug-likeness (QED) is 0.159. The fourth-order valence-corrected chi connectivity index (χ4v) is 1.94. The maximum absolute atomic E-state index is 11.0. The third-order valence-electron chi connectivity index (χ3n) is 2.96. The van der Waals surface area contributed by atoms with E-state index in [0.29, 0.717) is 0 Å². The van der Waals surface area contributed by atoms with E-state index >= 15 is 0 Å². The molecular weight excluding hydrogens is 286 g/mol. The van der Waals surface area contributed by atoms with Gasteiger partial charge in [0.15, 0.2) is 6.19 Å². The minimum atomic E-state index is -1.68. The number of aliphatic hydroxyl groups excluding tert-OH is 3. The van der Waals surface area contributed by atoms with Crippen LogP contribution in [-0.4, -0.2) is 69.8 Å². The highest BCUT2D eigenvalue weighted by molar-refractivity contribution is 5.84. The predicted molar refractivity (Wildman–Crippen MR) is 65.2 cm³/mol. The van der Waals surface area contributed by atoms with E-state index in [-0.39, 0.29) is 6.41 Å². The number of nitrogens with zero attached hydrogens (tertiary/aromatic N) is 1. The first-order chi connectivity index (χ1) is 9.96. The summed E-state index contributed by atoms with van der Waals surface area (Å²) in [6.07, 6.45) is -1.73. The van der Waals surface area contributed by atoms with Gasteiger partial charge in [0.2, 0.25) is 12.2 Å². The number of aliphatic carboxylic acids is 1. The van der Waals surface area contributed by atoms with Crippen molar-refractivity contribution in [3.63, 3.8) is 0 Å². The lowest BCUT2D eigenvalue weighted by atomic mass is 9.92.